The third-order valence-corrected chi connectivity index (χ3v) is 11.3. The monoisotopic (exact) mass is 670 g/mol. The Bertz CT molecular complexity index is 1150. The van der Waals surface area contributed by atoms with Crippen LogP contribution in [0.4, 0.5) is 0 Å². The van der Waals surface area contributed by atoms with Gasteiger partial charge in [-0.15, -0.1) is 0 Å². The summed E-state index contributed by atoms with van der Waals surface area (Å²) in [5.74, 6) is 1.87. The molecule has 0 bridgehead atoms. The molecular formula is C47H77N2+. The van der Waals surface area contributed by atoms with Crippen molar-refractivity contribution in [2.45, 2.75) is 206 Å². The normalized spacial score (nSPS) is 13.4. The van der Waals surface area contributed by atoms with E-state index in [1.165, 1.54) is 177 Å². The number of imidazole rings is 1. The van der Waals surface area contributed by atoms with Crippen LogP contribution in [-0.4, -0.2) is 4.98 Å². The molecule has 0 radical (unpaired) electrons. The summed E-state index contributed by atoms with van der Waals surface area (Å²) < 4.78 is 2.59. The Morgan fingerprint density at radius 1 is 0.531 bits per heavy atom. The van der Waals surface area contributed by atoms with E-state index in [0.717, 1.165) is 13.0 Å². The summed E-state index contributed by atoms with van der Waals surface area (Å²) in [6.07, 6.45) is 40.4. The molecule has 274 valence electrons. The molecule has 49 heavy (non-hydrogen) atoms. The fraction of sp³-hybridized carbons (Fsp3) is 0.681. The molecule has 2 heteroatoms. The number of aryl methyl sites for hydroxylation is 1. The van der Waals surface area contributed by atoms with Crippen LogP contribution in [-0.2, 0) is 18.4 Å². The molecule has 2 nitrogen and oxygen atoms in total. The Kier molecular flexibility index (Phi) is 22.2. The van der Waals surface area contributed by atoms with E-state index in [0.29, 0.717) is 5.92 Å². The lowest BCUT2D eigenvalue weighted by Crippen LogP contribution is -2.43. The Hall–Kier alpha value is -2.35. The third-order valence-electron chi connectivity index (χ3n) is 11.3. The number of aromatic nitrogens is 2. The van der Waals surface area contributed by atoms with Crippen molar-refractivity contribution in [3.05, 3.63) is 90.0 Å². The summed E-state index contributed by atoms with van der Waals surface area (Å²) in [6, 6.07) is 22.7. The van der Waals surface area contributed by atoms with Crippen molar-refractivity contribution in [2.75, 3.05) is 0 Å². The standard InChI is InChI=1S/C47H76N2/c1-4-6-8-10-12-14-16-18-20-22-24-32-38-45(47(3,44-36-30-27-31-37-44)42-43-34-28-26-29-35-43)46-48-39-41-49(46)40-33-25-23-21-19-17-15-13-11-9-7-5-2/h26-31,34-37,39,41,45H,4-25,32-33,38,40,42H2,1-3H3/p+1. The van der Waals surface area contributed by atoms with E-state index >= 15 is 0 Å². The number of rotatable bonds is 31. The molecule has 2 unspecified atom stereocenters. The van der Waals surface area contributed by atoms with Gasteiger partial charge >= 0.3 is 0 Å². The summed E-state index contributed by atoms with van der Waals surface area (Å²) >= 11 is 0. The van der Waals surface area contributed by atoms with Gasteiger partial charge in [-0.3, -0.25) is 0 Å². The molecule has 1 N–H and O–H groups in total. The lowest BCUT2D eigenvalue weighted by Gasteiger charge is -2.37. The molecule has 3 rings (SSSR count). The number of nitrogens with zero attached hydrogens (tertiary/aromatic N) is 1. The van der Waals surface area contributed by atoms with Crippen LogP contribution in [0.2, 0.25) is 0 Å². The molecule has 3 aromatic rings. The molecule has 0 fully saturated rings. The van der Waals surface area contributed by atoms with Crippen molar-refractivity contribution in [1.29, 1.82) is 0 Å². The quantitative estimate of drug-likeness (QED) is 0.0519. The zero-order valence-electron chi connectivity index (χ0n) is 32.5. The molecule has 0 amide bonds. The first kappa shape index (κ1) is 41.1. The summed E-state index contributed by atoms with van der Waals surface area (Å²) in [7, 11) is 0. The molecule has 0 saturated carbocycles. The molecular weight excluding hydrogens is 593 g/mol. The fourth-order valence-corrected chi connectivity index (χ4v) is 8.21. The lowest BCUT2D eigenvalue weighted by molar-refractivity contribution is -0.705. The average Bonchev–Trinajstić information content (AvgIpc) is 3.59. The zero-order valence-corrected chi connectivity index (χ0v) is 32.5. The minimum absolute atomic E-state index is 0.00350. The highest BCUT2D eigenvalue weighted by molar-refractivity contribution is 5.32. The van der Waals surface area contributed by atoms with Gasteiger partial charge in [0.2, 0.25) is 0 Å². The summed E-state index contributed by atoms with van der Waals surface area (Å²) in [4.78, 5) is 3.82. The van der Waals surface area contributed by atoms with Gasteiger partial charge < -0.3 is 0 Å². The SMILES string of the molecule is CCCCCCCCCCCCCCC(c1[nH]cc[n+]1CCCCCCCCCCCCCC)C(C)(Cc1ccccc1)c1ccccc1. The van der Waals surface area contributed by atoms with Gasteiger partial charge in [0.1, 0.15) is 12.4 Å². The minimum atomic E-state index is 0.00350. The van der Waals surface area contributed by atoms with E-state index in [9.17, 15) is 0 Å². The Morgan fingerprint density at radius 2 is 0.959 bits per heavy atom. The van der Waals surface area contributed by atoms with Crippen LogP contribution in [0.3, 0.4) is 0 Å². The van der Waals surface area contributed by atoms with Crippen molar-refractivity contribution in [3.8, 4) is 0 Å². The highest BCUT2D eigenvalue weighted by Gasteiger charge is 2.41. The molecule has 2 atom stereocenters. The molecule has 0 saturated heterocycles. The zero-order chi connectivity index (χ0) is 34.7. The first-order valence-electron chi connectivity index (χ1n) is 21.3. The van der Waals surface area contributed by atoms with E-state index < -0.39 is 0 Å². The van der Waals surface area contributed by atoms with Crippen LogP contribution in [0.15, 0.2) is 73.1 Å². The average molecular weight is 670 g/mol. The van der Waals surface area contributed by atoms with Crippen LogP contribution in [0, 0.1) is 0 Å². The summed E-state index contributed by atoms with van der Waals surface area (Å²) in [6.45, 7) is 8.29. The van der Waals surface area contributed by atoms with E-state index in [4.69, 9.17) is 0 Å². The van der Waals surface area contributed by atoms with Gasteiger partial charge in [0.15, 0.2) is 0 Å². The maximum absolute atomic E-state index is 3.82. The van der Waals surface area contributed by atoms with Gasteiger partial charge in [-0.05, 0) is 36.8 Å². The van der Waals surface area contributed by atoms with Gasteiger partial charge in [-0.1, -0.05) is 223 Å². The maximum Gasteiger partial charge on any atom is 0.258 e. The molecule has 1 heterocycles. The molecule has 0 aliphatic heterocycles. The number of hydrogen-bond donors (Lipinski definition) is 1. The molecule has 1 aromatic heterocycles. The minimum Gasteiger partial charge on any atom is -0.247 e. The van der Waals surface area contributed by atoms with Crippen LogP contribution in [0.5, 0.6) is 0 Å². The first-order chi connectivity index (χ1) is 24.2. The molecule has 0 spiro atoms. The van der Waals surface area contributed by atoms with Crippen LogP contribution in [0.1, 0.15) is 204 Å². The smallest absolute Gasteiger partial charge is 0.247 e. The number of hydrogen-bond acceptors (Lipinski definition) is 0. The van der Waals surface area contributed by atoms with Crippen molar-refractivity contribution in [3.63, 3.8) is 0 Å². The highest BCUT2D eigenvalue weighted by Crippen LogP contribution is 2.43. The molecule has 2 aromatic carbocycles. The lowest BCUT2D eigenvalue weighted by atomic mass is 9.66. The number of aromatic amines is 1. The summed E-state index contributed by atoms with van der Waals surface area (Å²) in [5.41, 5.74) is 2.91. The Labute approximate surface area is 304 Å². The third kappa shape index (κ3) is 16.5. The van der Waals surface area contributed by atoms with Crippen molar-refractivity contribution in [2.24, 2.45) is 0 Å². The Balaban J connectivity index is 1.58. The molecule has 0 aliphatic carbocycles. The summed E-state index contributed by atoms with van der Waals surface area (Å²) in [5, 5.41) is 0. The second-order valence-electron chi connectivity index (χ2n) is 15.6. The second-order valence-corrected chi connectivity index (χ2v) is 15.6. The van der Waals surface area contributed by atoms with Crippen LogP contribution in [0.25, 0.3) is 0 Å². The van der Waals surface area contributed by atoms with Gasteiger partial charge in [-0.25, -0.2) is 9.55 Å². The van der Waals surface area contributed by atoms with Crippen molar-refractivity contribution < 1.29 is 4.57 Å². The highest BCUT2D eigenvalue weighted by atomic mass is 15.1. The fourth-order valence-electron chi connectivity index (χ4n) is 8.21. The van der Waals surface area contributed by atoms with Gasteiger partial charge in [-0.2, -0.15) is 0 Å². The first-order valence-corrected chi connectivity index (χ1v) is 21.3. The van der Waals surface area contributed by atoms with Crippen molar-refractivity contribution >= 4 is 0 Å². The second kappa shape index (κ2) is 26.5. The number of benzene rings is 2. The van der Waals surface area contributed by atoms with Crippen molar-refractivity contribution in [1.82, 2.24) is 4.98 Å². The van der Waals surface area contributed by atoms with Crippen LogP contribution >= 0.6 is 0 Å². The molecule has 0 aliphatic rings. The predicted molar refractivity (Wildman–Crippen MR) is 214 cm³/mol. The van der Waals surface area contributed by atoms with Gasteiger partial charge in [0, 0.05) is 5.41 Å². The number of unbranched alkanes of at least 4 members (excludes halogenated alkanes) is 22. The largest absolute Gasteiger partial charge is 0.258 e. The van der Waals surface area contributed by atoms with E-state index in [1.807, 2.05) is 0 Å². The number of nitrogens with one attached hydrogen (secondary N) is 1. The van der Waals surface area contributed by atoms with Gasteiger partial charge in [0.25, 0.3) is 5.82 Å². The topological polar surface area (TPSA) is 19.7 Å². The number of H-pyrrole nitrogens is 1. The van der Waals surface area contributed by atoms with E-state index in [-0.39, 0.29) is 5.41 Å². The Morgan fingerprint density at radius 3 is 1.45 bits per heavy atom. The van der Waals surface area contributed by atoms with E-state index in [1.54, 1.807) is 0 Å². The van der Waals surface area contributed by atoms with E-state index in [2.05, 4.69) is 103 Å². The predicted octanol–water partition coefficient (Wildman–Crippen LogP) is 14.4. The van der Waals surface area contributed by atoms with Gasteiger partial charge in [0.05, 0.1) is 12.5 Å². The van der Waals surface area contributed by atoms with Crippen LogP contribution < -0.4 is 4.57 Å². The maximum atomic E-state index is 3.82.